The van der Waals surface area contributed by atoms with E-state index in [2.05, 4.69) is 6.92 Å². The number of hydrogen-bond acceptors (Lipinski definition) is 6. The molecule has 1 atom stereocenters. The van der Waals surface area contributed by atoms with Crippen LogP contribution in [-0.4, -0.2) is 28.5 Å². The summed E-state index contributed by atoms with van der Waals surface area (Å²) in [5.74, 6) is -9.98. The van der Waals surface area contributed by atoms with Gasteiger partial charge in [0.1, 0.15) is 28.3 Å². The van der Waals surface area contributed by atoms with Crippen LogP contribution in [0.5, 0.6) is 11.5 Å². The first-order valence-electron chi connectivity index (χ1n) is 26.8. The number of benzene rings is 4. The van der Waals surface area contributed by atoms with Crippen molar-refractivity contribution in [2.24, 2.45) is 0 Å². The molecule has 0 aromatic heterocycles. The second kappa shape index (κ2) is 20.0. The van der Waals surface area contributed by atoms with Gasteiger partial charge in [0.2, 0.25) is 5.78 Å². The van der Waals surface area contributed by atoms with Crippen molar-refractivity contribution >= 4 is 22.7 Å². The van der Waals surface area contributed by atoms with Gasteiger partial charge in [-0.15, -0.1) is 0 Å². The van der Waals surface area contributed by atoms with E-state index in [1.807, 2.05) is 77.1 Å². The van der Waals surface area contributed by atoms with Gasteiger partial charge in [0, 0.05) is 27.8 Å². The highest BCUT2D eigenvalue weighted by Gasteiger charge is 2.54. The molecule has 9 rings (SSSR count). The lowest BCUT2D eigenvalue weighted by Gasteiger charge is -2.43. The predicted molar refractivity (Wildman–Crippen MR) is 280 cm³/mol. The van der Waals surface area contributed by atoms with Crippen LogP contribution in [-0.2, 0) is 48.7 Å². The lowest BCUT2D eigenvalue weighted by atomic mass is 9.73. The molecule has 1 unspecified atom stereocenters. The molecule has 0 amide bonds. The first kappa shape index (κ1) is 52.9. The van der Waals surface area contributed by atoms with Crippen molar-refractivity contribution in [3.05, 3.63) is 151 Å². The summed E-state index contributed by atoms with van der Waals surface area (Å²) in [4.78, 5) is 27.7. The fraction of sp³-hybridized carbons (Fsp3) is 0.460. The number of alkyl halides is 4. The van der Waals surface area contributed by atoms with E-state index in [4.69, 9.17) is 14.2 Å². The Morgan fingerprint density at radius 1 is 0.568 bits per heavy atom. The number of fused-ring (bicyclic) bond motifs is 7. The van der Waals surface area contributed by atoms with E-state index in [0.29, 0.717) is 96.7 Å². The van der Waals surface area contributed by atoms with Crippen molar-refractivity contribution in [2.45, 2.75) is 187 Å². The Labute approximate surface area is 432 Å². The largest absolute Gasteiger partial charge is 0.507 e. The third-order valence-corrected chi connectivity index (χ3v) is 16.0. The zero-order chi connectivity index (χ0) is 53.1. The smallest absolute Gasteiger partial charge is 0.331 e. The van der Waals surface area contributed by atoms with Crippen LogP contribution in [0.4, 0.5) is 22.0 Å². The number of unbranched alkanes of at least 4 members (excludes halogenated alkanes) is 7. The summed E-state index contributed by atoms with van der Waals surface area (Å²) >= 11 is 0. The van der Waals surface area contributed by atoms with E-state index >= 15 is 22.0 Å². The van der Waals surface area contributed by atoms with E-state index in [-0.39, 0.29) is 52.4 Å². The van der Waals surface area contributed by atoms with Crippen LogP contribution < -0.4 is 4.74 Å². The second-order valence-corrected chi connectivity index (χ2v) is 22.3. The van der Waals surface area contributed by atoms with Crippen molar-refractivity contribution in [2.75, 3.05) is 0 Å². The average molecular weight is 1020 g/mol. The van der Waals surface area contributed by atoms with E-state index in [9.17, 15) is 14.7 Å². The van der Waals surface area contributed by atoms with Crippen molar-refractivity contribution in [1.29, 1.82) is 0 Å². The Hall–Kier alpha value is -5.97. The molecule has 4 aromatic carbocycles. The highest BCUT2D eigenvalue weighted by molar-refractivity contribution is 6.29. The van der Waals surface area contributed by atoms with E-state index in [1.54, 1.807) is 26.0 Å². The maximum Gasteiger partial charge on any atom is 0.331 e. The number of ketones is 2. The lowest BCUT2D eigenvalue weighted by Crippen LogP contribution is -2.41. The second-order valence-electron chi connectivity index (χ2n) is 22.3. The molecule has 5 aliphatic rings. The molecule has 6 nitrogen and oxygen atoms in total. The number of aromatic hydroxyl groups is 1. The van der Waals surface area contributed by atoms with Crippen LogP contribution in [0.1, 0.15) is 182 Å². The van der Waals surface area contributed by atoms with Crippen LogP contribution in [0.3, 0.4) is 0 Å². The minimum Gasteiger partial charge on any atom is -0.507 e. The van der Waals surface area contributed by atoms with Gasteiger partial charge in [-0.05, 0) is 152 Å². The number of aryl methyl sites for hydroxylation is 4. The highest BCUT2D eigenvalue weighted by atomic mass is 19.3. The summed E-state index contributed by atoms with van der Waals surface area (Å²) in [7, 11) is 0. The fourth-order valence-corrected chi connectivity index (χ4v) is 11.9. The number of allylic oxidation sites excluding steroid dienone is 6. The number of rotatable bonds is 18. The lowest BCUT2D eigenvalue weighted by molar-refractivity contribution is -0.133. The summed E-state index contributed by atoms with van der Waals surface area (Å²) in [5, 5.41) is 11.5. The van der Waals surface area contributed by atoms with E-state index < -0.39 is 51.8 Å². The zero-order valence-electron chi connectivity index (χ0n) is 44.1. The predicted octanol–water partition coefficient (Wildman–Crippen LogP) is 16.6. The van der Waals surface area contributed by atoms with Gasteiger partial charge in [-0.3, -0.25) is 9.59 Å². The number of carbonyl (C=O) groups excluding carboxylic acids is 2. The monoisotopic (exact) mass is 1020 g/mol. The normalized spacial score (nSPS) is 20.4. The Morgan fingerprint density at radius 2 is 1.15 bits per heavy atom. The van der Waals surface area contributed by atoms with E-state index in [1.165, 1.54) is 12.1 Å². The van der Waals surface area contributed by atoms with Gasteiger partial charge in [-0.25, -0.2) is 4.39 Å². The number of ether oxygens (including phenoxy) is 3. The molecule has 74 heavy (non-hydrogen) atoms. The highest BCUT2D eigenvalue weighted by Crippen LogP contribution is 2.55. The molecule has 3 heterocycles. The van der Waals surface area contributed by atoms with Crippen LogP contribution >= 0.6 is 0 Å². The number of carbonyl (C=O) groups is 2. The fourth-order valence-electron chi connectivity index (χ4n) is 11.9. The third-order valence-electron chi connectivity index (χ3n) is 16.0. The number of hydrogen-bond donors (Lipinski definition) is 1. The summed E-state index contributed by atoms with van der Waals surface area (Å²) in [6, 6.07) is 18.4. The molecule has 0 saturated heterocycles. The maximum absolute atomic E-state index is 16.5. The topological polar surface area (TPSA) is 82.1 Å². The SMILES string of the molecule is CCCCCC1=CC2=C(C(=O)C1(F)F)c1cc(C)ccc1C(CCCCCCC1=CC(=O)C3=C(OC(C)(C)c4ccc(C)cc43)C1(F)F)(CCc1ccc3c(c1)-c1c(O)cc(CCCCC)c(F)c1OC3(C)C)O2. The molecule has 11 heteroatoms. The molecule has 392 valence electrons. The molecule has 0 spiro atoms. The summed E-state index contributed by atoms with van der Waals surface area (Å²) in [5.41, 5.74) is 2.89. The van der Waals surface area contributed by atoms with Gasteiger partial charge in [0.25, 0.3) is 0 Å². The summed E-state index contributed by atoms with van der Waals surface area (Å²) < 4.78 is 101. The molecule has 3 aliphatic heterocycles. The number of phenols is 1. The van der Waals surface area contributed by atoms with Gasteiger partial charge in [0.05, 0.1) is 16.7 Å². The van der Waals surface area contributed by atoms with Gasteiger partial charge < -0.3 is 19.3 Å². The van der Waals surface area contributed by atoms with Gasteiger partial charge in [0.15, 0.2) is 23.1 Å². The Kier molecular flexibility index (Phi) is 14.3. The Bertz CT molecular complexity index is 3060. The van der Waals surface area contributed by atoms with Crippen LogP contribution in [0, 0.1) is 19.7 Å². The summed E-state index contributed by atoms with van der Waals surface area (Å²) in [6.45, 7) is 15.0. The van der Waals surface area contributed by atoms with Gasteiger partial charge in [-0.1, -0.05) is 118 Å². The average Bonchev–Trinajstić information content (AvgIpc) is 3.34. The van der Waals surface area contributed by atoms with E-state index in [0.717, 1.165) is 60.4 Å². The van der Waals surface area contributed by atoms with Gasteiger partial charge >= 0.3 is 11.8 Å². The van der Waals surface area contributed by atoms with Crippen LogP contribution in [0.25, 0.3) is 22.3 Å². The molecule has 0 radical (unpaired) electrons. The van der Waals surface area contributed by atoms with Crippen molar-refractivity contribution < 1.29 is 50.9 Å². The standard InChI is InChI=1S/C63H69F5O6/c1-9-11-15-19-40-34-49(69)52-45-33-39(24-27-47(45)59(5,6)73-56(52)55(40)64)28-30-61(48-26-23-38(4)32-44(48)54-51(72-61)36-42(20-16-12-10-2)62(65,66)57(54)71)29-18-14-13-17-21-41-35-50(70)53-43-31-37(3)22-25-46(43)60(7,8)74-58(53)63(41,67)68/h22-27,31-36,69H,9-21,28-30H2,1-8H3. The zero-order valence-corrected chi connectivity index (χ0v) is 44.1. The summed E-state index contributed by atoms with van der Waals surface area (Å²) in [6.07, 6.45) is 10.9. The minimum atomic E-state index is -3.70. The van der Waals surface area contributed by atoms with Crippen molar-refractivity contribution in [3.63, 3.8) is 0 Å². The molecule has 0 saturated carbocycles. The van der Waals surface area contributed by atoms with Gasteiger partial charge in [-0.2, -0.15) is 17.6 Å². The first-order chi connectivity index (χ1) is 35.0. The van der Waals surface area contributed by atoms with Crippen molar-refractivity contribution in [1.82, 2.24) is 0 Å². The molecule has 2 aliphatic carbocycles. The molecule has 1 N–H and O–H groups in total. The number of phenolic OH excluding ortho intramolecular Hbond substituents is 1. The first-order valence-corrected chi connectivity index (χ1v) is 26.8. The minimum absolute atomic E-state index is 0.0198. The maximum atomic E-state index is 16.5. The molecule has 4 aromatic rings. The van der Waals surface area contributed by atoms with Crippen LogP contribution in [0.2, 0.25) is 0 Å². The quantitative estimate of drug-likeness (QED) is 0.0790. The van der Waals surface area contributed by atoms with Crippen molar-refractivity contribution in [3.8, 4) is 22.6 Å². The Morgan fingerprint density at radius 3 is 1.84 bits per heavy atom. The number of halogens is 5. The molecular weight excluding hydrogens is 948 g/mol. The molecule has 0 bridgehead atoms. The third kappa shape index (κ3) is 9.44. The Balaban J connectivity index is 1.01. The molecular formula is C63H69F5O6. The van der Waals surface area contributed by atoms with Crippen LogP contribution in [0.15, 0.2) is 95.5 Å². The number of Topliss-reactive ketones (excluding diaryl/α,β-unsaturated/α-hetero) is 1. The molecule has 0 fully saturated rings.